The van der Waals surface area contributed by atoms with Gasteiger partial charge in [0.1, 0.15) is 6.04 Å². The number of benzene rings is 1. The highest BCUT2D eigenvalue weighted by Crippen LogP contribution is 2.22. The summed E-state index contributed by atoms with van der Waals surface area (Å²) in [7, 11) is 0. The number of hydrogen-bond donors (Lipinski definition) is 1. The van der Waals surface area contributed by atoms with Crippen LogP contribution in [0, 0.1) is 5.92 Å². The highest BCUT2D eigenvalue weighted by molar-refractivity contribution is 7.98. The van der Waals surface area contributed by atoms with Crippen LogP contribution in [0.2, 0.25) is 0 Å². The van der Waals surface area contributed by atoms with Gasteiger partial charge in [0.05, 0.1) is 6.04 Å². The van der Waals surface area contributed by atoms with Crippen LogP contribution >= 0.6 is 11.8 Å². The number of likely N-dealkylation sites (tertiary alicyclic amines) is 1. The first-order valence-corrected chi connectivity index (χ1v) is 9.57. The van der Waals surface area contributed by atoms with Crippen molar-refractivity contribution in [1.29, 1.82) is 0 Å². The number of carbonyl (C=O) groups excluding carboxylic acids is 2. The normalized spacial score (nSPS) is 17.4. The predicted octanol–water partition coefficient (Wildman–Crippen LogP) is 2.85. The van der Waals surface area contributed by atoms with E-state index in [-0.39, 0.29) is 29.8 Å². The Bertz CT molecular complexity index is 533. The van der Waals surface area contributed by atoms with Gasteiger partial charge in [-0.3, -0.25) is 9.59 Å². The molecule has 1 saturated heterocycles. The predicted molar refractivity (Wildman–Crippen MR) is 95.3 cm³/mol. The fourth-order valence-electron chi connectivity index (χ4n) is 3.10. The maximum absolute atomic E-state index is 12.9. The quantitative estimate of drug-likeness (QED) is 0.834. The molecule has 2 amide bonds. The molecule has 1 heterocycles. The Labute approximate surface area is 143 Å². The molecule has 2 atom stereocenters. The first kappa shape index (κ1) is 17.9. The minimum atomic E-state index is -0.377. The number of thioether (sulfide) groups is 1. The van der Waals surface area contributed by atoms with Crippen molar-refractivity contribution in [2.45, 2.75) is 38.8 Å². The summed E-state index contributed by atoms with van der Waals surface area (Å²) < 4.78 is 0. The van der Waals surface area contributed by atoms with Gasteiger partial charge in [-0.2, -0.15) is 11.8 Å². The fourth-order valence-corrected chi connectivity index (χ4v) is 3.71. The van der Waals surface area contributed by atoms with Gasteiger partial charge in [0, 0.05) is 18.7 Å². The Morgan fingerprint density at radius 3 is 2.52 bits per heavy atom. The van der Waals surface area contributed by atoms with Crippen LogP contribution in [-0.4, -0.2) is 41.3 Å². The topological polar surface area (TPSA) is 49.4 Å². The van der Waals surface area contributed by atoms with Gasteiger partial charge in [-0.15, -0.1) is 0 Å². The minimum absolute atomic E-state index is 0.0299. The number of nitrogens with zero attached hydrogens (tertiary/aromatic N) is 1. The molecule has 0 saturated carbocycles. The van der Waals surface area contributed by atoms with E-state index in [1.54, 1.807) is 16.7 Å². The summed E-state index contributed by atoms with van der Waals surface area (Å²) in [5.74, 6) is 0.968. The zero-order valence-electron chi connectivity index (χ0n) is 14.1. The minimum Gasteiger partial charge on any atom is -0.347 e. The molecule has 1 aromatic rings. The van der Waals surface area contributed by atoms with E-state index in [0.29, 0.717) is 13.0 Å². The fraction of sp³-hybridized carbons (Fsp3) is 0.556. The van der Waals surface area contributed by atoms with Crippen LogP contribution in [0.1, 0.15) is 38.3 Å². The van der Waals surface area contributed by atoms with Crippen molar-refractivity contribution >= 4 is 23.6 Å². The van der Waals surface area contributed by atoms with E-state index >= 15 is 0 Å². The number of rotatable bonds is 7. The molecule has 1 fully saturated rings. The van der Waals surface area contributed by atoms with Gasteiger partial charge < -0.3 is 10.2 Å². The molecule has 2 rings (SSSR count). The van der Waals surface area contributed by atoms with Gasteiger partial charge >= 0.3 is 0 Å². The van der Waals surface area contributed by atoms with Crippen molar-refractivity contribution in [2.75, 3.05) is 18.6 Å². The van der Waals surface area contributed by atoms with Gasteiger partial charge in [0.25, 0.3) is 0 Å². The van der Waals surface area contributed by atoms with Gasteiger partial charge in [-0.1, -0.05) is 44.2 Å². The molecule has 1 aliphatic rings. The molecule has 1 aromatic carbocycles. The molecule has 0 unspecified atom stereocenters. The van der Waals surface area contributed by atoms with E-state index in [9.17, 15) is 9.59 Å². The van der Waals surface area contributed by atoms with Gasteiger partial charge in [-0.05, 0) is 24.2 Å². The average Bonchev–Trinajstić information content (AvgIpc) is 2.93. The maximum atomic E-state index is 12.9. The molecule has 0 aromatic heterocycles. The van der Waals surface area contributed by atoms with Gasteiger partial charge in [0.15, 0.2) is 0 Å². The third kappa shape index (κ3) is 4.50. The summed E-state index contributed by atoms with van der Waals surface area (Å²) in [5.41, 5.74) is 1.10. The van der Waals surface area contributed by atoms with E-state index < -0.39 is 0 Å². The largest absolute Gasteiger partial charge is 0.347 e. The zero-order chi connectivity index (χ0) is 16.8. The molecular weight excluding hydrogens is 308 g/mol. The molecule has 0 aliphatic carbocycles. The van der Waals surface area contributed by atoms with Crippen molar-refractivity contribution in [3.05, 3.63) is 35.9 Å². The lowest BCUT2D eigenvalue weighted by Crippen LogP contribution is -2.51. The Morgan fingerprint density at radius 1 is 1.30 bits per heavy atom. The number of carbonyl (C=O) groups is 2. The lowest BCUT2D eigenvalue weighted by atomic mass is 10.0. The third-order valence-electron chi connectivity index (χ3n) is 4.20. The average molecular weight is 334 g/mol. The molecule has 1 N–H and O–H groups in total. The van der Waals surface area contributed by atoms with Crippen LogP contribution in [0.25, 0.3) is 0 Å². The van der Waals surface area contributed by atoms with Crippen LogP contribution in [0.4, 0.5) is 0 Å². The van der Waals surface area contributed by atoms with Crippen LogP contribution in [0.5, 0.6) is 0 Å². The summed E-state index contributed by atoms with van der Waals surface area (Å²) >= 11 is 1.70. The molecule has 0 bridgehead atoms. The molecule has 4 nitrogen and oxygen atoms in total. The Morgan fingerprint density at radius 2 is 2.00 bits per heavy atom. The summed E-state index contributed by atoms with van der Waals surface area (Å²) in [6.07, 6.45) is 3.44. The standard InChI is InChI=1S/C18H26N2O2S/c1-13(2)17(20-11-7-10-16(20)21)18(22)19-15(12-23-3)14-8-5-4-6-9-14/h4-6,8-9,13,15,17H,7,10-12H2,1-3H3,(H,19,22)/t15-,17-/m0/s1. The number of nitrogens with one attached hydrogen (secondary N) is 1. The maximum Gasteiger partial charge on any atom is 0.243 e. The van der Waals surface area contributed by atoms with Crippen molar-refractivity contribution in [3.8, 4) is 0 Å². The highest BCUT2D eigenvalue weighted by atomic mass is 32.2. The summed E-state index contributed by atoms with van der Waals surface area (Å²) in [6, 6.07) is 9.61. The summed E-state index contributed by atoms with van der Waals surface area (Å²) in [5, 5.41) is 3.16. The molecule has 1 aliphatic heterocycles. The molecule has 0 radical (unpaired) electrons. The molecule has 0 spiro atoms. The Balaban J connectivity index is 2.13. The monoisotopic (exact) mass is 334 g/mol. The lowest BCUT2D eigenvalue weighted by Gasteiger charge is -2.31. The van der Waals surface area contributed by atoms with E-state index in [2.05, 4.69) is 5.32 Å². The summed E-state index contributed by atoms with van der Waals surface area (Å²) in [4.78, 5) is 26.7. The second-order valence-electron chi connectivity index (χ2n) is 6.31. The highest BCUT2D eigenvalue weighted by Gasteiger charge is 2.35. The van der Waals surface area contributed by atoms with Crippen LogP contribution < -0.4 is 5.32 Å². The van der Waals surface area contributed by atoms with Crippen LogP contribution in [0.15, 0.2) is 30.3 Å². The second kappa shape index (κ2) is 8.39. The van der Waals surface area contributed by atoms with Crippen LogP contribution in [-0.2, 0) is 9.59 Å². The molecular formula is C18H26N2O2S. The zero-order valence-corrected chi connectivity index (χ0v) is 14.9. The van der Waals surface area contributed by atoms with Crippen molar-refractivity contribution in [1.82, 2.24) is 10.2 Å². The Hall–Kier alpha value is -1.49. The van der Waals surface area contributed by atoms with Crippen molar-refractivity contribution in [2.24, 2.45) is 5.92 Å². The summed E-state index contributed by atoms with van der Waals surface area (Å²) in [6.45, 7) is 4.69. The molecule has 126 valence electrons. The molecule has 5 heteroatoms. The smallest absolute Gasteiger partial charge is 0.243 e. The number of amides is 2. The lowest BCUT2D eigenvalue weighted by molar-refractivity contribution is -0.139. The van der Waals surface area contributed by atoms with Gasteiger partial charge in [0.2, 0.25) is 11.8 Å². The van der Waals surface area contributed by atoms with E-state index in [4.69, 9.17) is 0 Å². The SMILES string of the molecule is CSC[C@H](NC(=O)[C@H](C(C)C)N1CCCC1=O)c1ccccc1. The first-order valence-electron chi connectivity index (χ1n) is 8.18. The van der Waals surface area contributed by atoms with Crippen molar-refractivity contribution < 1.29 is 9.59 Å². The van der Waals surface area contributed by atoms with E-state index in [1.165, 1.54) is 0 Å². The van der Waals surface area contributed by atoms with E-state index in [1.807, 2.05) is 50.4 Å². The first-order chi connectivity index (χ1) is 11.0. The van der Waals surface area contributed by atoms with Crippen molar-refractivity contribution in [3.63, 3.8) is 0 Å². The number of hydrogen-bond acceptors (Lipinski definition) is 3. The Kier molecular flexibility index (Phi) is 6.51. The van der Waals surface area contributed by atoms with Crippen LogP contribution in [0.3, 0.4) is 0 Å². The third-order valence-corrected chi connectivity index (χ3v) is 4.86. The van der Waals surface area contributed by atoms with Gasteiger partial charge in [-0.25, -0.2) is 0 Å². The second-order valence-corrected chi connectivity index (χ2v) is 7.22. The van der Waals surface area contributed by atoms with E-state index in [0.717, 1.165) is 17.7 Å². The molecule has 23 heavy (non-hydrogen) atoms.